The molecule has 2 aliphatic heterocycles. The summed E-state index contributed by atoms with van der Waals surface area (Å²) in [7, 11) is 0. The quantitative estimate of drug-likeness (QED) is 0.523. The van der Waals surface area contributed by atoms with Crippen LogP contribution in [0, 0.1) is 3.57 Å². The number of alkyl halides is 3. The average Bonchev–Trinajstić information content (AvgIpc) is 3.13. The molecule has 2 amide bonds. The van der Waals surface area contributed by atoms with Gasteiger partial charge < -0.3 is 15.1 Å². The van der Waals surface area contributed by atoms with E-state index in [0.29, 0.717) is 43.6 Å². The van der Waals surface area contributed by atoms with Gasteiger partial charge in [-0.3, -0.25) is 0 Å². The zero-order valence-corrected chi connectivity index (χ0v) is 18.0. The summed E-state index contributed by atoms with van der Waals surface area (Å²) < 4.78 is 39.3. The normalized spacial score (nSPS) is 18.1. The molecule has 1 saturated heterocycles. The highest BCUT2D eigenvalue weighted by molar-refractivity contribution is 14.1. The molecule has 0 saturated carbocycles. The third kappa shape index (κ3) is 4.55. The van der Waals surface area contributed by atoms with Crippen LogP contribution in [0.2, 0.25) is 0 Å². The highest BCUT2D eigenvalue weighted by atomic mass is 127. The maximum Gasteiger partial charge on any atom is 0.416 e. The van der Waals surface area contributed by atoms with E-state index in [0.717, 1.165) is 21.4 Å². The van der Waals surface area contributed by atoms with Crippen molar-refractivity contribution in [3.63, 3.8) is 0 Å². The van der Waals surface area contributed by atoms with E-state index < -0.39 is 17.3 Å². The largest absolute Gasteiger partial charge is 0.416 e. The van der Waals surface area contributed by atoms with Crippen LogP contribution in [0.15, 0.2) is 53.7 Å². The molecule has 0 aromatic heterocycles. The molecule has 2 aromatic rings. The van der Waals surface area contributed by atoms with E-state index in [1.807, 2.05) is 24.3 Å². The van der Waals surface area contributed by atoms with E-state index >= 15 is 0 Å². The number of hydrogen-bond donors (Lipinski definition) is 1. The van der Waals surface area contributed by atoms with E-state index in [2.05, 4.69) is 33.1 Å². The summed E-state index contributed by atoms with van der Waals surface area (Å²) in [5.74, 6) is 0. The van der Waals surface area contributed by atoms with E-state index in [1.165, 1.54) is 12.1 Å². The molecule has 1 N–H and O–H groups in total. The number of hydrogen-bond acceptors (Lipinski definition) is 3. The van der Waals surface area contributed by atoms with Gasteiger partial charge in [-0.2, -0.15) is 13.2 Å². The summed E-state index contributed by atoms with van der Waals surface area (Å²) in [6.45, 7) is 1.04. The number of likely N-dealkylation sites (tertiary alicyclic amines) is 1. The van der Waals surface area contributed by atoms with E-state index in [9.17, 15) is 18.0 Å². The first-order valence-corrected chi connectivity index (χ1v) is 10.6. The molecule has 2 heterocycles. The number of rotatable bonds is 2. The van der Waals surface area contributed by atoms with Crippen molar-refractivity contribution in [3.8, 4) is 0 Å². The van der Waals surface area contributed by atoms with Crippen molar-refractivity contribution < 1.29 is 22.8 Å². The van der Waals surface area contributed by atoms with E-state index in [4.69, 9.17) is 4.84 Å². The zero-order chi connectivity index (χ0) is 21.4. The van der Waals surface area contributed by atoms with Crippen LogP contribution in [0.25, 0.3) is 0 Å². The van der Waals surface area contributed by atoms with Crippen molar-refractivity contribution in [2.75, 3.05) is 18.4 Å². The van der Waals surface area contributed by atoms with Crippen LogP contribution < -0.4 is 5.32 Å². The third-order valence-electron chi connectivity index (χ3n) is 5.44. The monoisotopic (exact) mass is 529 g/mol. The lowest BCUT2D eigenvalue weighted by Gasteiger charge is -2.37. The van der Waals surface area contributed by atoms with Crippen LogP contribution in [0.4, 0.5) is 23.7 Å². The van der Waals surface area contributed by atoms with Crippen LogP contribution in [0.5, 0.6) is 0 Å². The van der Waals surface area contributed by atoms with Gasteiger partial charge in [-0.15, -0.1) is 0 Å². The van der Waals surface area contributed by atoms with E-state index in [-0.39, 0.29) is 6.03 Å². The summed E-state index contributed by atoms with van der Waals surface area (Å²) >= 11 is 2.20. The van der Waals surface area contributed by atoms with Crippen molar-refractivity contribution in [1.29, 1.82) is 0 Å². The van der Waals surface area contributed by atoms with Crippen LogP contribution in [0.1, 0.15) is 30.4 Å². The van der Waals surface area contributed by atoms with Gasteiger partial charge in [0.15, 0.2) is 0 Å². The second kappa shape index (κ2) is 8.09. The molecule has 0 unspecified atom stereocenters. The molecule has 2 aromatic carbocycles. The van der Waals surface area contributed by atoms with Crippen molar-refractivity contribution in [2.24, 2.45) is 5.16 Å². The lowest BCUT2D eigenvalue weighted by Crippen LogP contribution is -2.48. The number of nitrogens with zero attached hydrogens (tertiary/aromatic N) is 2. The Morgan fingerprint density at radius 1 is 1.07 bits per heavy atom. The van der Waals surface area contributed by atoms with Crippen molar-refractivity contribution in [1.82, 2.24) is 4.90 Å². The average molecular weight is 529 g/mol. The molecule has 9 heteroatoms. The highest BCUT2D eigenvalue weighted by Crippen LogP contribution is 2.37. The van der Waals surface area contributed by atoms with Gasteiger partial charge >= 0.3 is 12.2 Å². The smallest absolute Gasteiger partial charge is 0.388 e. The van der Waals surface area contributed by atoms with Crippen LogP contribution in [-0.4, -0.2) is 35.3 Å². The Kier molecular flexibility index (Phi) is 5.65. The zero-order valence-electron chi connectivity index (χ0n) is 15.9. The Balaban J connectivity index is 1.33. The molecule has 0 bridgehead atoms. The number of amides is 2. The molecule has 4 rings (SSSR count). The summed E-state index contributed by atoms with van der Waals surface area (Å²) in [4.78, 5) is 20.0. The maximum absolute atomic E-state index is 12.7. The van der Waals surface area contributed by atoms with E-state index in [1.54, 1.807) is 4.90 Å². The SMILES string of the molecule is O=C(Nc1ccc(I)cc1)N1CCC2(CC1)CC(c1ccc(C(F)(F)F)cc1)=NO2. The molecule has 2 aliphatic rings. The topological polar surface area (TPSA) is 53.9 Å². The third-order valence-corrected chi connectivity index (χ3v) is 6.16. The molecule has 0 radical (unpaired) electrons. The minimum Gasteiger partial charge on any atom is -0.388 e. The number of anilines is 1. The Labute approximate surface area is 185 Å². The van der Waals surface area contributed by atoms with Gasteiger partial charge in [-0.05, 0) is 64.6 Å². The molecule has 5 nitrogen and oxygen atoms in total. The number of carbonyl (C=O) groups excluding carboxylic acids is 1. The number of urea groups is 1. The van der Waals surface area contributed by atoms with Gasteiger partial charge in [0.05, 0.1) is 11.3 Å². The molecule has 1 spiro atoms. The van der Waals surface area contributed by atoms with Crippen molar-refractivity contribution in [3.05, 3.63) is 63.2 Å². The lowest BCUT2D eigenvalue weighted by molar-refractivity contribution is -0.137. The van der Waals surface area contributed by atoms with Crippen LogP contribution in [0.3, 0.4) is 0 Å². The van der Waals surface area contributed by atoms with Crippen molar-refractivity contribution in [2.45, 2.75) is 31.0 Å². The Morgan fingerprint density at radius 3 is 2.30 bits per heavy atom. The molecular weight excluding hydrogens is 510 g/mol. The molecule has 0 aliphatic carbocycles. The summed E-state index contributed by atoms with van der Waals surface area (Å²) in [6.07, 6.45) is -2.62. The lowest BCUT2D eigenvalue weighted by atomic mass is 9.85. The Hall–Kier alpha value is -2.30. The fourth-order valence-corrected chi connectivity index (χ4v) is 4.01. The maximum atomic E-state index is 12.7. The summed E-state index contributed by atoms with van der Waals surface area (Å²) in [5, 5.41) is 7.03. The van der Waals surface area contributed by atoms with Gasteiger partial charge in [-0.25, -0.2) is 4.79 Å². The van der Waals surface area contributed by atoms with Crippen molar-refractivity contribution >= 4 is 40.0 Å². The first kappa shape index (κ1) is 21.0. The number of oxime groups is 1. The summed E-state index contributed by atoms with van der Waals surface area (Å²) in [5.41, 5.74) is 0.815. The Bertz CT molecular complexity index is 951. The number of nitrogens with one attached hydrogen (secondary N) is 1. The second-order valence-electron chi connectivity index (χ2n) is 7.49. The standard InChI is InChI=1S/C21H19F3IN3O2/c22-21(23,24)15-3-1-14(2-4-15)18-13-20(30-27-18)9-11-28(12-10-20)19(29)26-17-7-5-16(25)6-8-17/h1-8H,9-13H2,(H,26,29). The summed E-state index contributed by atoms with van der Waals surface area (Å²) in [6, 6.07) is 12.4. The van der Waals surface area contributed by atoms with Gasteiger partial charge in [0, 0.05) is 41.6 Å². The van der Waals surface area contributed by atoms with Gasteiger partial charge in [-0.1, -0.05) is 17.3 Å². The second-order valence-corrected chi connectivity index (χ2v) is 8.73. The molecule has 0 atom stereocenters. The van der Waals surface area contributed by atoms with Gasteiger partial charge in [0.25, 0.3) is 0 Å². The first-order chi connectivity index (χ1) is 14.2. The molecular formula is C21H19F3IN3O2. The predicted molar refractivity (Wildman–Crippen MR) is 115 cm³/mol. The number of carbonyl (C=O) groups is 1. The predicted octanol–water partition coefficient (Wildman–Crippen LogP) is 5.50. The van der Waals surface area contributed by atoms with Gasteiger partial charge in [0.2, 0.25) is 0 Å². The molecule has 30 heavy (non-hydrogen) atoms. The van der Waals surface area contributed by atoms with Crippen LogP contribution >= 0.6 is 22.6 Å². The fraction of sp³-hybridized carbons (Fsp3) is 0.333. The highest BCUT2D eigenvalue weighted by Gasteiger charge is 2.43. The molecule has 1 fully saturated rings. The fourth-order valence-electron chi connectivity index (χ4n) is 3.65. The number of piperidine rings is 1. The molecule has 158 valence electrons. The number of benzene rings is 2. The minimum absolute atomic E-state index is 0.159. The number of halogens is 4. The minimum atomic E-state index is -4.36. The first-order valence-electron chi connectivity index (χ1n) is 9.48. The van der Waals surface area contributed by atoms with Gasteiger partial charge in [0.1, 0.15) is 5.60 Å². The Morgan fingerprint density at radius 2 is 1.70 bits per heavy atom. The van der Waals surface area contributed by atoms with Crippen LogP contribution in [-0.2, 0) is 11.0 Å².